The van der Waals surface area contributed by atoms with Crippen LogP contribution >= 0.6 is 0 Å². The summed E-state index contributed by atoms with van der Waals surface area (Å²) in [6.45, 7) is 0.357. The normalized spacial score (nSPS) is 18.2. The first-order valence-corrected chi connectivity index (χ1v) is 7.39. The molecule has 2 amide bonds. The molecule has 0 bridgehead atoms. The third kappa shape index (κ3) is 4.48. The van der Waals surface area contributed by atoms with Crippen LogP contribution in [0.1, 0.15) is 53.2 Å². The monoisotopic (exact) mass is 275 g/mol. The number of carbonyl (C=O) groups is 2. The van der Waals surface area contributed by atoms with E-state index in [1.807, 2.05) is 30.3 Å². The van der Waals surface area contributed by atoms with Crippen molar-refractivity contribution in [2.24, 2.45) is 0 Å². The Labute approximate surface area is 123 Å². The molecule has 108 valence electrons. The minimum absolute atomic E-state index is 0.143. The van der Waals surface area contributed by atoms with E-state index in [1.165, 1.54) is 0 Å². The zero-order chi connectivity index (χ0) is 16.0. The van der Waals surface area contributed by atoms with Gasteiger partial charge < -0.3 is 0 Å². The van der Waals surface area contributed by atoms with E-state index in [0.29, 0.717) is 19.4 Å². The molecule has 0 aromatic heterocycles. The molecule has 0 aliphatic carbocycles. The zero-order valence-corrected chi connectivity index (χ0v) is 11.8. The fraction of sp³-hybridized carbons (Fsp3) is 0.529. The van der Waals surface area contributed by atoms with Crippen LogP contribution in [0.2, 0.25) is 0 Å². The maximum absolute atomic E-state index is 12.4. The van der Waals surface area contributed by atoms with Gasteiger partial charge in [0.15, 0.2) is 0 Å². The van der Waals surface area contributed by atoms with Crippen LogP contribution in [-0.4, -0.2) is 23.3 Å². The highest BCUT2D eigenvalue weighted by Gasteiger charge is 2.22. The van der Waals surface area contributed by atoms with E-state index in [0.717, 1.165) is 36.1 Å². The van der Waals surface area contributed by atoms with E-state index < -0.39 is 12.3 Å². The number of hydrogen-bond donors (Lipinski definition) is 0. The molecule has 0 saturated carbocycles. The van der Waals surface area contributed by atoms with E-state index in [-0.39, 0.29) is 12.3 Å². The second-order valence-corrected chi connectivity index (χ2v) is 5.18. The summed E-state index contributed by atoms with van der Waals surface area (Å²) in [7, 11) is 0. The minimum atomic E-state index is -1.96. The van der Waals surface area contributed by atoms with Crippen molar-refractivity contribution in [3.05, 3.63) is 35.9 Å². The van der Waals surface area contributed by atoms with E-state index >= 15 is 0 Å². The van der Waals surface area contributed by atoms with Gasteiger partial charge in [0.2, 0.25) is 11.8 Å². The van der Waals surface area contributed by atoms with E-state index in [2.05, 4.69) is 0 Å². The first-order chi connectivity index (χ1) is 10.5. The van der Waals surface area contributed by atoms with Gasteiger partial charge in [-0.25, -0.2) is 0 Å². The molecule has 1 saturated heterocycles. The van der Waals surface area contributed by atoms with Gasteiger partial charge in [0, 0.05) is 22.1 Å². The maximum Gasteiger partial charge on any atom is 0.229 e. The smallest absolute Gasteiger partial charge is 0.229 e. The third-order valence-corrected chi connectivity index (χ3v) is 3.58. The molecule has 1 heterocycles. The predicted octanol–water partition coefficient (Wildman–Crippen LogP) is 3.33. The van der Waals surface area contributed by atoms with Crippen LogP contribution in [0.25, 0.3) is 0 Å². The molecule has 0 unspecified atom stereocenters. The number of nitrogens with zero attached hydrogens (tertiary/aromatic N) is 1. The Morgan fingerprint density at radius 1 is 1.15 bits per heavy atom. The average Bonchev–Trinajstić information content (AvgIpc) is 2.72. The fourth-order valence-corrected chi connectivity index (χ4v) is 2.43. The van der Waals surface area contributed by atoms with Crippen LogP contribution < -0.4 is 0 Å². The number of likely N-dealkylation sites (tertiary alicyclic amines) is 1. The molecule has 1 aliphatic rings. The first-order valence-electron chi connectivity index (χ1n) is 8.39. The van der Waals surface area contributed by atoms with Gasteiger partial charge in [-0.2, -0.15) is 0 Å². The number of aryl methyl sites for hydroxylation is 1. The highest BCUT2D eigenvalue weighted by atomic mass is 16.2. The summed E-state index contributed by atoms with van der Waals surface area (Å²) < 4.78 is 16.0. The lowest BCUT2D eigenvalue weighted by molar-refractivity contribution is -0.144. The lowest BCUT2D eigenvalue weighted by Gasteiger charge is -2.18. The molecule has 2 rings (SSSR count). The molecular formula is C17H23NO2. The van der Waals surface area contributed by atoms with Crippen LogP contribution in [0.5, 0.6) is 0 Å². The molecule has 1 aliphatic heterocycles. The van der Waals surface area contributed by atoms with Crippen molar-refractivity contribution in [1.82, 2.24) is 4.90 Å². The molecule has 0 atom stereocenters. The maximum atomic E-state index is 12.4. The molecule has 1 aromatic rings. The van der Waals surface area contributed by atoms with Gasteiger partial charge in [0.05, 0.1) is 0 Å². The van der Waals surface area contributed by atoms with Gasteiger partial charge in [-0.15, -0.1) is 0 Å². The van der Waals surface area contributed by atoms with Gasteiger partial charge in [-0.1, -0.05) is 36.8 Å². The van der Waals surface area contributed by atoms with Crippen molar-refractivity contribution in [3.63, 3.8) is 0 Å². The standard InChI is InChI=1S/C17H23NO2/c19-16-12-5-2-8-14-18(16)17(20)13-7-6-11-15-9-3-1-4-10-15/h1,3-4,9-10H,2,5-8,11-14H2/i13D2. The van der Waals surface area contributed by atoms with Crippen LogP contribution in [0.3, 0.4) is 0 Å². The lowest BCUT2D eigenvalue weighted by atomic mass is 10.1. The van der Waals surface area contributed by atoms with Crippen LogP contribution in [0, 0.1) is 0 Å². The Morgan fingerprint density at radius 2 is 1.95 bits per heavy atom. The SMILES string of the molecule is [2H]C([2H])(CCCc1ccccc1)C(=O)N1CCCCCC1=O. The Hall–Kier alpha value is -1.64. The largest absolute Gasteiger partial charge is 0.283 e. The molecule has 20 heavy (non-hydrogen) atoms. The van der Waals surface area contributed by atoms with Crippen molar-refractivity contribution in [2.45, 2.75) is 51.3 Å². The number of carbonyl (C=O) groups excluding carboxylic acids is 2. The molecule has 1 fully saturated rings. The quantitative estimate of drug-likeness (QED) is 0.826. The summed E-state index contributed by atoms with van der Waals surface area (Å²) in [5.74, 6) is -0.887. The summed E-state index contributed by atoms with van der Waals surface area (Å²) in [6.07, 6.45) is 2.35. The molecule has 3 nitrogen and oxygen atoms in total. The van der Waals surface area contributed by atoms with Gasteiger partial charge in [-0.05, 0) is 37.7 Å². The second kappa shape index (κ2) is 7.83. The summed E-state index contributed by atoms with van der Waals surface area (Å²) >= 11 is 0. The topological polar surface area (TPSA) is 37.4 Å². The number of rotatable bonds is 5. The van der Waals surface area contributed by atoms with E-state index in [4.69, 9.17) is 2.74 Å². The number of benzene rings is 1. The van der Waals surface area contributed by atoms with Gasteiger partial charge in [-0.3, -0.25) is 14.5 Å². The zero-order valence-electron chi connectivity index (χ0n) is 13.8. The van der Waals surface area contributed by atoms with Crippen molar-refractivity contribution < 1.29 is 12.3 Å². The Bertz CT molecular complexity index is 517. The predicted molar refractivity (Wildman–Crippen MR) is 79.2 cm³/mol. The van der Waals surface area contributed by atoms with Crippen molar-refractivity contribution >= 4 is 11.8 Å². The van der Waals surface area contributed by atoms with Crippen molar-refractivity contribution in [1.29, 1.82) is 0 Å². The molecule has 0 spiro atoms. The van der Waals surface area contributed by atoms with Crippen LogP contribution in [0.4, 0.5) is 0 Å². The average molecular weight is 275 g/mol. The number of hydrogen-bond acceptors (Lipinski definition) is 2. The number of amides is 2. The summed E-state index contributed by atoms with van der Waals surface area (Å²) in [4.78, 5) is 25.4. The highest BCUT2D eigenvalue weighted by molar-refractivity contribution is 5.95. The van der Waals surface area contributed by atoms with Gasteiger partial charge in [0.25, 0.3) is 0 Å². The molecule has 0 N–H and O–H groups in total. The minimum Gasteiger partial charge on any atom is -0.283 e. The number of imide groups is 1. The molecule has 0 radical (unpaired) electrons. The van der Waals surface area contributed by atoms with Crippen molar-refractivity contribution in [2.75, 3.05) is 6.54 Å². The Balaban J connectivity index is 1.90. The van der Waals surface area contributed by atoms with E-state index in [1.54, 1.807) is 0 Å². The van der Waals surface area contributed by atoms with Crippen LogP contribution in [-0.2, 0) is 16.0 Å². The van der Waals surface area contributed by atoms with Gasteiger partial charge >= 0.3 is 0 Å². The fourth-order valence-electron chi connectivity index (χ4n) is 2.43. The lowest BCUT2D eigenvalue weighted by Crippen LogP contribution is -2.36. The van der Waals surface area contributed by atoms with Crippen LogP contribution in [0.15, 0.2) is 30.3 Å². The van der Waals surface area contributed by atoms with Gasteiger partial charge in [0.1, 0.15) is 0 Å². The first kappa shape index (κ1) is 12.1. The molecular weight excluding hydrogens is 250 g/mol. The second-order valence-electron chi connectivity index (χ2n) is 5.18. The molecule has 3 heteroatoms. The third-order valence-electron chi connectivity index (χ3n) is 3.58. The molecule has 1 aromatic carbocycles. The summed E-state index contributed by atoms with van der Waals surface area (Å²) in [6, 6.07) is 9.83. The highest BCUT2D eigenvalue weighted by Crippen LogP contribution is 2.14. The summed E-state index contributed by atoms with van der Waals surface area (Å²) in [5, 5.41) is 0. The van der Waals surface area contributed by atoms with Crippen molar-refractivity contribution in [3.8, 4) is 0 Å². The Kier molecular flexibility index (Phi) is 4.75. The van der Waals surface area contributed by atoms with E-state index in [9.17, 15) is 9.59 Å². The summed E-state index contributed by atoms with van der Waals surface area (Å²) in [5.41, 5.74) is 1.14. The Morgan fingerprint density at radius 3 is 2.75 bits per heavy atom.